The lowest BCUT2D eigenvalue weighted by atomic mass is 10.1. The van der Waals surface area contributed by atoms with Gasteiger partial charge in [0.05, 0.1) is 11.1 Å². The van der Waals surface area contributed by atoms with Crippen molar-refractivity contribution in [3.8, 4) is 11.8 Å². The first-order valence-corrected chi connectivity index (χ1v) is 9.86. The van der Waals surface area contributed by atoms with Gasteiger partial charge in [-0.2, -0.15) is 18.4 Å². The fraction of sp³-hybridized carbons (Fsp3) is 0.227. The van der Waals surface area contributed by atoms with E-state index in [1.54, 1.807) is 19.9 Å². The molecule has 0 aliphatic carbocycles. The van der Waals surface area contributed by atoms with Crippen LogP contribution in [-0.4, -0.2) is 6.10 Å². The van der Waals surface area contributed by atoms with Crippen LogP contribution in [0.25, 0.3) is 4.91 Å². The standard InChI is InChI=1S/C22H19F5N2OS/c1-4-19(30-20-10-17(23)15(11-28)9-18(20)24)21(12(2)29)31-13(3)14-5-7-16(8-6-14)22(25,26)27/h5-10,19H,3-4,29H2,1-2H3/b21-12-. The number of hydrogen-bond donors (Lipinski definition) is 1. The van der Waals surface area contributed by atoms with E-state index >= 15 is 0 Å². The van der Waals surface area contributed by atoms with Crippen LogP contribution in [-0.2, 0) is 6.18 Å². The second kappa shape index (κ2) is 9.88. The minimum atomic E-state index is -4.45. The third-order valence-electron chi connectivity index (χ3n) is 4.23. The van der Waals surface area contributed by atoms with Gasteiger partial charge < -0.3 is 10.5 Å². The molecule has 3 nitrogen and oxygen atoms in total. The second-order valence-corrected chi connectivity index (χ2v) is 7.67. The molecule has 0 amide bonds. The fourth-order valence-corrected chi connectivity index (χ4v) is 3.64. The zero-order valence-corrected chi connectivity index (χ0v) is 17.5. The molecule has 0 saturated heterocycles. The van der Waals surface area contributed by atoms with E-state index in [4.69, 9.17) is 15.7 Å². The van der Waals surface area contributed by atoms with Gasteiger partial charge in [0.2, 0.25) is 0 Å². The summed E-state index contributed by atoms with van der Waals surface area (Å²) in [7, 11) is 0. The number of thioether (sulfide) groups is 1. The summed E-state index contributed by atoms with van der Waals surface area (Å²) in [4.78, 5) is 0.860. The quantitative estimate of drug-likeness (QED) is 0.479. The average molecular weight is 454 g/mol. The summed E-state index contributed by atoms with van der Waals surface area (Å²) in [6.45, 7) is 7.21. The van der Waals surface area contributed by atoms with Crippen LogP contribution in [0.2, 0.25) is 0 Å². The number of allylic oxidation sites excluding steroid dienone is 1. The third-order valence-corrected chi connectivity index (χ3v) is 5.52. The van der Waals surface area contributed by atoms with Crippen molar-refractivity contribution in [3.05, 3.63) is 81.9 Å². The normalized spacial score (nSPS) is 13.2. The lowest BCUT2D eigenvalue weighted by Crippen LogP contribution is -2.20. The minimum Gasteiger partial charge on any atom is -0.482 e. The van der Waals surface area contributed by atoms with E-state index in [0.29, 0.717) is 27.5 Å². The smallest absolute Gasteiger partial charge is 0.416 e. The zero-order chi connectivity index (χ0) is 23.3. The van der Waals surface area contributed by atoms with Gasteiger partial charge in [-0.3, -0.25) is 0 Å². The number of benzene rings is 2. The average Bonchev–Trinajstić information content (AvgIpc) is 2.71. The topological polar surface area (TPSA) is 59.0 Å². The van der Waals surface area contributed by atoms with Crippen LogP contribution in [0.5, 0.6) is 5.75 Å². The van der Waals surface area contributed by atoms with Gasteiger partial charge in [-0.1, -0.05) is 37.4 Å². The molecule has 2 N–H and O–H groups in total. The largest absolute Gasteiger partial charge is 0.482 e. The van der Waals surface area contributed by atoms with Gasteiger partial charge in [-0.15, -0.1) is 0 Å². The third kappa shape index (κ3) is 6.01. The predicted molar refractivity (Wildman–Crippen MR) is 111 cm³/mol. The van der Waals surface area contributed by atoms with Crippen molar-refractivity contribution >= 4 is 16.7 Å². The highest BCUT2D eigenvalue weighted by molar-refractivity contribution is 8.11. The van der Waals surface area contributed by atoms with E-state index in [0.717, 1.165) is 36.0 Å². The Kier molecular flexibility index (Phi) is 7.74. The van der Waals surface area contributed by atoms with Crippen LogP contribution in [0.4, 0.5) is 22.0 Å². The highest BCUT2D eigenvalue weighted by Crippen LogP contribution is 2.38. The fourth-order valence-electron chi connectivity index (χ4n) is 2.62. The molecular formula is C22H19F5N2OS. The first-order chi connectivity index (χ1) is 14.5. The van der Waals surface area contributed by atoms with Crippen molar-refractivity contribution in [1.82, 2.24) is 0 Å². The van der Waals surface area contributed by atoms with E-state index < -0.39 is 35.0 Å². The number of hydrogen-bond acceptors (Lipinski definition) is 4. The van der Waals surface area contributed by atoms with Crippen LogP contribution in [0.1, 0.15) is 37.0 Å². The summed E-state index contributed by atoms with van der Waals surface area (Å²) in [5.74, 6) is -2.22. The van der Waals surface area contributed by atoms with Crippen molar-refractivity contribution in [2.75, 3.05) is 0 Å². The van der Waals surface area contributed by atoms with Crippen molar-refractivity contribution in [2.24, 2.45) is 5.73 Å². The van der Waals surface area contributed by atoms with Gasteiger partial charge >= 0.3 is 6.18 Å². The molecular weight excluding hydrogens is 435 g/mol. The van der Waals surface area contributed by atoms with Crippen LogP contribution in [0.15, 0.2) is 53.6 Å². The molecule has 0 heterocycles. The van der Waals surface area contributed by atoms with Gasteiger partial charge in [-0.05, 0) is 37.1 Å². The van der Waals surface area contributed by atoms with E-state index in [1.807, 2.05) is 0 Å². The Morgan fingerprint density at radius 1 is 1.19 bits per heavy atom. The van der Waals surface area contributed by atoms with Gasteiger partial charge in [-0.25, -0.2) is 8.78 Å². The lowest BCUT2D eigenvalue weighted by molar-refractivity contribution is -0.137. The number of rotatable bonds is 7. The summed E-state index contributed by atoms with van der Waals surface area (Å²) in [6, 6.07) is 7.55. The van der Waals surface area contributed by atoms with E-state index in [1.165, 1.54) is 12.1 Å². The molecule has 164 valence electrons. The van der Waals surface area contributed by atoms with Crippen molar-refractivity contribution in [3.63, 3.8) is 0 Å². The van der Waals surface area contributed by atoms with Crippen LogP contribution >= 0.6 is 11.8 Å². The summed E-state index contributed by atoms with van der Waals surface area (Å²) >= 11 is 1.07. The van der Waals surface area contributed by atoms with Crippen LogP contribution in [0, 0.1) is 23.0 Å². The molecule has 0 spiro atoms. The number of ether oxygens (including phenoxy) is 1. The highest BCUT2D eigenvalue weighted by atomic mass is 32.2. The van der Waals surface area contributed by atoms with Crippen molar-refractivity contribution in [1.29, 1.82) is 5.26 Å². The number of alkyl halides is 3. The first kappa shape index (κ1) is 24.3. The Balaban J connectivity index is 2.26. The van der Waals surface area contributed by atoms with Crippen molar-refractivity contribution in [2.45, 2.75) is 32.5 Å². The summed E-state index contributed by atoms with van der Waals surface area (Å²) < 4.78 is 72.0. The number of nitriles is 1. The highest BCUT2D eigenvalue weighted by Gasteiger charge is 2.30. The summed E-state index contributed by atoms with van der Waals surface area (Å²) in [5, 5.41) is 8.79. The molecule has 0 fully saturated rings. The Labute approximate surface area is 181 Å². The van der Waals surface area contributed by atoms with Gasteiger partial charge in [0, 0.05) is 21.6 Å². The van der Waals surface area contributed by atoms with Crippen molar-refractivity contribution < 1.29 is 26.7 Å². The van der Waals surface area contributed by atoms with Gasteiger partial charge in [0.25, 0.3) is 0 Å². The molecule has 1 atom stereocenters. The maximum absolute atomic E-state index is 14.2. The summed E-state index contributed by atoms with van der Waals surface area (Å²) in [6.07, 6.45) is -4.89. The van der Waals surface area contributed by atoms with E-state index in [9.17, 15) is 22.0 Å². The molecule has 1 unspecified atom stereocenters. The van der Waals surface area contributed by atoms with Crippen LogP contribution < -0.4 is 10.5 Å². The number of nitrogens with zero attached hydrogens (tertiary/aromatic N) is 1. The monoisotopic (exact) mass is 454 g/mol. The Morgan fingerprint density at radius 3 is 2.29 bits per heavy atom. The molecule has 0 aromatic heterocycles. The van der Waals surface area contributed by atoms with E-state index in [2.05, 4.69) is 6.58 Å². The number of halogens is 5. The van der Waals surface area contributed by atoms with Gasteiger partial charge in [0.15, 0.2) is 11.6 Å². The SMILES string of the molecule is C=C(S/C(=C(/C)N)C(CC)Oc1cc(F)c(C#N)cc1F)c1ccc(C(F)(F)F)cc1. The minimum absolute atomic E-state index is 0.332. The second-order valence-electron chi connectivity index (χ2n) is 6.54. The Bertz CT molecular complexity index is 1040. The summed E-state index contributed by atoms with van der Waals surface area (Å²) in [5.41, 5.74) is 5.51. The maximum Gasteiger partial charge on any atom is 0.416 e. The van der Waals surface area contributed by atoms with Gasteiger partial charge in [0.1, 0.15) is 18.0 Å². The molecule has 0 saturated carbocycles. The van der Waals surface area contributed by atoms with E-state index in [-0.39, 0.29) is 5.75 Å². The molecule has 0 radical (unpaired) electrons. The molecule has 31 heavy (non-hydrogen) atoms. The zero-order valence-electron chi connectivity index (χ0n) is 16.7. The lowest BCUT2D eigenvalue weighted by Gasteiger charge is -2.23. The maximum atomic E-state index is 14.2. The first-order valence-electron chi connectivity index (χ1n) is 9.04. The Hall–Kier alpha value is -2.99. The molecule has 2 aromatic carbocycles. The molecule has 0 aliphatic heterocycles. The predicted octanol–water partition coefficient (Wildman–Crippen LogP) is 6.61. The molecule has 2 rings (SSSR count). The van der Waals surface area contributed by atoms with Crippen LogP contribution in [0.3, 0.4) is 0 Å². The molecule has 9 heteroatoms. The molecule has 0 aliphatic rings. The molecule has 2 aromatic rings. The number of nitrogens with two attached hydrogens (primary N) is 1. The molecule has 0 bridgehead atoms. The Morgan fingerprint density at radius 2 is 1.81 bits per heavy atom.